The van der Waals surface area contributed by atoms with E-state index in [2.05, 4.69) is 15.3 Å². The average molecular weight is 457 g/mol. The van der Waals surface area contributed by atoms with Gasteiger partial charge in [0, 0.05) is 53.8 Å². The van der Waals surface area contributed by atoms with Crippen LogP contribution in [0.15, 0.2) is 58.0 Å². The van der Waals surface area contributed by atoms with Crippen LogP contribution in [0, 0.1) is 0 Å². The van der Waals surface area contributed by atoms with Gasteiger partial charge in [0.05, 0.1) is 10.7 Å². The molecular formula is C23H22Cl2N4O2. The highest BCUT2D eigenvalue weighted by Gasteiger charge is 2.17. The first-order valence-corrected chi connectivity index (χ1v) is 10.5. The van der Waals surface area contributed by atoms with Gasteiger partial charge in [0.25, 0.3) is 0 Å². The van der Waals surface area contributed by atoms with Gasteiger partial charge in [-0.3, -0.25) is 9.55 Å². The van der Waals surface area contributed by atoms with Crippen LogP contribution < -0.4 is 11.0 Å². The van der Waals surface area contributed by atoms with E-state index in [1.807, 2.05) is 36.4 Å². The normalized spacial score (nSPS) is 13.5. The van der Waals surface area contributed by atoms with Crippen LogP contribution in [-0.4, -0.2) is 21.1 Å². The maximum atomic E-state index is 12.7. The second-order valence-corrected chi connectivity index (χ2v) is 7.94. The Morgan fingerprint density at radius 1 is 1.13 bits per heavy atom. The van der Waals surface area contributed by atoms with Crippen LogP contribution in [0.3, 0.4) is 0 Å². The number of hydrogen-bond acceptors (Lipinski definition) is 5. The lowest BCUT2D eigenvalue weighted by molar-refractivity contribution is 0.541. The van der Waals surface area contributed by atoms with Gasteiger partial charge in [0.1, 0.15) is 11.3 Å². The van der Waals surface area contributed by atoms with E-state index in [4.69, 9.17) is 16.0 Å². The molecule has 0 saturated carbocycles. The Hall–Kier alpha value is -2.67. The predicted molar refractivity (Wildman–Crippen MR) is 124 cm³/mol. The van der Waals surface area contributed by atoms with E-state index in [0.29, 0.717) is 17.9 Å². The number of halogens is 2. The number of nitrogens with one attached hydrogen (secondary N) is 1. The van der Waals surface area contributed by atoms with Crippen molar-refractivity contribution in [2.24, 2.45) is 0 Å². The molecule has 8 heteroatoms. The summed E-state index contributed by atoms with van der Waals surface area (Å²) in [7, 11) is 0. The first-order chi connectivity index (χ1) is 14.7. The van der Waals surface area contributed by atoms with Crippen LogP contribution >= 0.6 is 24.0 Å². The summed E-state index contributed by atoms with van der Waals surface area (Å²) in [6.07, 6.45) is 6.74. The molecule has 6 nitrogen and oxygen atoms in total. The van der Waals surface area contributed by atoms with Crippen molar-refractivity contribution in [1.29, 1.82) is 0 Å². The van der Waals surface area contributed by atoms with Crippen LogP contribution in [0.4, 0.5) is 0 Å². The minimum Gasteiger partial charge on any atom is -0.461 e. The van der Waals surface area contributed by atoms with E-state index in [1.165, 1.54) is 5.56 Å². The molecule has 0 saturated heterocycles. The van der Waals surface area contributed by atoms with Gasteiger partial charge in [-0.05, 0) is 56.1 Å². The fourth-order valence-electron chi connectivity index (χ4n) is 3.91. The third-order valence-corrected chi connectivity index (χ3v) is 5.71. The van der Waals surface area contributed by atoms with Crippen LogP contribution in [0.2, 0.25) is 5.02 Å². The number of rotatable bonds is 4. The minimum absolute atomic E-state index is 0. The van der Waals surface area contributed by atoms with Gasteiger partial charge in [-0.1, -0.05) is 11.6 Å². The van der Waals surface area contributed by atoms with Crippen molar-refractivity contribution in [3.05, 3.63) is 87.0 Å². The highest BCUT2D eigenvalue weighted by molar-refractivity contribution is 6.30. The van der Waals surface area contributed by atoms with Crippen molar-refractivity contribution >= 4 is 35.0 Å². The summed E-state index contributed by atoms with van der Waals surface area (Å²) < 4.78 is 7.65. The number of aromatic nitrogens is 3. The Morgan fingerprint density at radius 3 is 2.81 bits per heavy atom. The molecule has 0 amide bonds. The first kappa shape index (κ1) is 21.6. The number of aryl methyl sites for hydroxylation is 3. The third-order valence-electron chi connectivity index (χ3n) is 5.48. The van der Waals surface area contributed by atoms with Gasteiger partial charge < -0.3 is 9.73 Å². The molecule has 160 valence electrons. The van der Waals surface area contributed by atoms with Crippen LogP contribution in [0.1, 0.15) is 29.1 Å². The molecule has 0 atom stereocenters. The van der Waals surface area contributed by atoms with Gasteiger partial charge in [-0.2, -0.15) is 4.98 Å². The van der Waals surface area contributed by atoms with E-state index in [-0.39, 0.29) is 18.1 Å². The molecule has 0 unspecified atom stereocenters. The molecule has 1 N–H and O–H groups in total. The molecule has 1 aliphatic rings. The molecule has 4 aromatic rings. The lowest BCUT2D eigenvalue weighted by Gasteiger charge is -2.07. The number of hydrogen-bond donors (Lipinski definition) is 1. The zero-order valence-electron chi connectivity index (χ0n) is 16.8. The smallest absolute Gasteiger partial charge is 0.352 e. The van der Waals surface area contributed by atoms with Crippen LogP contribution in [-0.2, 0) is 25.8 Å². The quantitative estimate of drug-likeness (QED) is 0.496. The lowest BCUT2D eigenvalue weighted by atomic mass is 10.1. The molecule has 0 radical (unpaired) electrons. The summed E-state index contributed by atoms with van der Waals surface area (Å²) in [5.41, 5.74) is 4.15. The molecular weight excluding hydrogens is 435 g/mol. The van der Waals surface area contributed by atoms with Gasteiger partial charge in [0.15, 0.2) is 0 Å². The molecule has 0 spiro atoms. The summed E-state index contributed by atoms with van der Waals surface area (Å²) in [6, 6.07) is 11.5. The summed E-state index contributed by atoms with van der Waals surface area (Å²) in [4.78, 5) is 21.2. The number of fused-ring (bicyclic) bond motifs is 3. The Labute approximate surface area is 190 Å². The van der Waals surface area contributed by atoms with Crippen molar-refractivity contribution in [3.63, 3.8) is 0 Å². The van der Waals surface area contributed by atoms with Crippen LogP contribution in [0.25, 0.3) is 16.7 Å². The second-order valence-electron chi connectivity index (χ2n) is 7.50. The maximum Gasteiger partial charge on any atom is 0.352 e. The number of benzene rings is 1. The predicted octanol–water partition coefficient (Wildman–Crippen LogP) is 4.27. The molecule has 0 aliphatic carbocycles. The Kier molecular flexibility index (Phi) is 6.41. The fraction of sp³-hybridized carbons (Fsp3) is 0.261. The Bertz CT molecular complexity index is 1270. The summed E-state index contributed by atoms with van der Waals surface area (Å²) in [5, 5.41) is 5.15. The Morgan fingerprint density at radius 2 is 2.00 bits per heavy atom. The van der Waals surface area contributed by atoms with Gasteiger partial charge in [-0.25, -0.2) is 4.79 Å². The molecule has 1 aliphatic heterocycles. The summed E-state index contributed by atoms with van der Waals surface area (Å²) in [5.74, 6) is 1.05. The molecule has 0 fully saturated rings. The number of nitrogens with zero attached hydrogens (tertiary/aromatic N) is 3. The fourth-order valence-corrected chi connectivity index (χ4v) is 4.02. The number of pyridine rings is 1. The Balaban J connectivity index is 0.00000231. The van der Waals surface area contributed by atoms with E-state index in [0.717, 1.165) is 59.7 Å². The van der Waals surface area contributed by atoms with Crippen molar-refractivity contribution < 1.29 is 4.42 Å². The van der Waals surface area contributed by atoms with Gasteiger partial charge in [0.2, 0.25) is 0 Å². The van der Waals surface area contributed by atoms with Crippen molar-refractivity contribution in [3.8, 4) is 5.69 Å². The minimum atomic E-state index is -0.300. The van der Waals surface area contributed by atoms with E-state index in [9.17, 15) is 4.79 Å². The maximum absolute atomic E-state index is 12.7. The van der Waals surface area contributed by atoms with Crippen molar-refractivity contribution in [2.45, 2.75) is 32.2 Å². The topological polar surface area (TPSA) is 73.0 Å². The molecule has 4 heterocycles. The molecule has 5 rings (SSSR count). The molecule has 31 heavy (non-hydrogen) atoms. The van der Waals surface area contributed by atoms with Crippen molar-refractivity contribution in [2.75, 3.05) is 6.54 Å². The molecule has 0 bridgehead atoms. The first-order valence-electron chi connectivity index (χ1n) is 10.1. The highest BCUT2D eigenvalue weighted by Crippen LogP contribution is 2.29. The lowest BCUT2D eigenvalue weighted by Crippen LogP contribution is -2.22. The zero-order valence-corrected chi connectivity index (χ0v) is 18.4. The van der Waals surface area contributed by atoms with Gasteiger partial charge >= 0.3 is 5.69 Å². The van der Waals surface area contributed by atoms with E-state index >= 15 is 0 Å². The standard InChI is InChI=1S/C23H21ClN4O2.ClH/c24-15-3-4-16(26-13-15)5-6-17-9-11-28(23(29)27-17)18-7-8-19-20-14-25-10-1-2-21(20)30-22(19)12-18;/h3-4,7-9,11-13,25H,1-2,5-6,10,14H2;1H. The van der Waals surface area contributed by atoms with Crippen molar-refractivity contribution in [1.82, 2.24) is 19.9 Å². The zero-order chi connectivity index (χ0) is 20.5. The third kappa shape index (κ3) is 4.51. The van der Waals surface area contributed by atoms with Gasteiger partial charge in [-0.15, -0.1) is 12.4 Å². The largest absolute Gasteiger partial charge is 0.461 e. The van der Waals surface area contributed by atoms with E-state index < -0.39 is 0 Å². The average Bonchev–Trinajstić information content (AvgIpc) is 2.93. The summed E-state index contributed by atoms with van der Waals surface area (Å²) in [6.45, 7) is 1.83. The second kappa shape index (κ2) is 9.22. The van der Waals surface area contributed by atoms with Crippen LogP contribution in [0.5, 0.6) is 0 Å². The van der Waals surface area contributed by atoms with E-state index in [1.54, 1.807) is 17.0 Å². The number of furan rings is 1. The monoisotopic (exact) mass is 456 g/mol. The molecule has 3 aromatic heterocycles. The highest BCUT2D eigenvalue weighted by atomic mass is 35.5. The SMILES string of the molecule is Cl.O=c1nc(CCc2ccc(Cl)cn2)ccn1-c1ccc2c3c(oc2c1)CCCNC3. The summed E-state index contributed by atoms with van der Waals surface area (Å²) >= 11 is 5.87. The molecule has 1 aromatic carbocycles.